The van der Waals surface area contributed by atoms with Gasteiger partial charge in [-0.15, -0.1) is 0 Å². The lowest BCUT2D eigenvalue weighted by molar-refractivity contribution is -0.144. The van der Waals surface area contributed by atoms with E-state index in [1.165, 1.54) is 5.56 Å². The van der Waals surface area contributed by atoms with E-state index in [-0.39, 0.29) is 30.6 Å². The smallest absolute Gasteiger partial charge is 0.306 e. The number of esters is 1. The highest BCUT2D eigenvalue weighted by Crippen LogP contribution is 2.13. The zero-order chi connectivity index (χ0) is 21.9. The molecule has 1 aliphatic heterocycles. The maximum absolute atomic E-state index is 12.4. The molecule has 0 spiro atoms. The lowest BCUT2D eigenvalue weighted by atomic mass is 10.1. The molecule has 7 nitrogen and oxygen atoms in total. The molecule has 1 heterocycles. The number of nitrogens with one attached hydrogen (secondary N) is 1. The highest BCUT2D eigenvalue weighted by Gasteiger charge is 2.18. The van der Waals surface area contributed by atoms with Crippen LogP contribution < -0.4 is 5.32 Å². The van der Waals surface area contributed by atoms with Crippen LogP contribution in [-0.4, -0.2) is 55.6 Å². The SMILES string of the molecule is O=C(CCC(=O)OCCCc1ccccc1)Nc1ccc(C(=O)N2CCOCC2)cc1. The topological polar surface area (TPSA) is 84.9 Å². The summed E-state index contributed by atoms with van der Waals surface area (Å²) in [5.41, 5.74) is 2.36. The minimum Gasteiger partial charge on any atom is -0.466 e. The molecule has 0 aliphatic carbocycles. The van der Waals surface area contributed by atoms with Gasteiger partial charge in [-0.1, -0.05) is 30.3 Å². The molecular formula is C24H28N2O5. The highest BCUT2D eigenvalue weighted by atomic mass is 16.5. The summed E-state index contributed by atoms with van der Waals surface area (Å²) >= 11 is 0. The summed E-state index contributed by atoms with van der Waals surface area (Å²) in [7, 11) is 0. The Morgan fingerprint density at radius 3 is 2.35 bits per heavy atom. The van der Waals surface area contributed by atoms with Gasteiger partial charge >= 0.3 is 5.97 Å². The number of nitrogens with zero attached hydrogens (tertiary/aromatic N) is 1. The third-order valence-corrected chi connectivity index (χ3v) is 4.99. The minimum atomic E-state index is -0.380. The van der Waals surface area contributed by atoms with E-state index in [2.05, 4.69) is 5.32 Å². The zero-order valence-corrected chi connectivity index (χ0v) is 17.5. The predicted octanol–water partition coefficient (Wildman–Crippen LogP) is 3.05. The molecule has 0 bridgehead atoms. The lowest BCUT2D eigenvalue weighted by Crippen LogP contribution is -2.40. The second-order valence-electron chi connectivity index (χ2n) is 7.34. The molecule has 0 saturated carbocycles. The summed E-state index contributed by atoms with van der Waals surface area (Å²) in [5.74, 6) is -0.695. The minimum absolute atomic E-state index is 0.0325. The highest BCUT2D eigenvalue weighted by molar-refractivity contribution is 5.96. The molecule has 0 radical (unpaired) electrons. The number of carbonyl (C=O) groups is 3. The number of morpholine rings is 1. The lowest BCUT2D eigenvalue weighted by Gasteiger charge is -2.26. The van der Waals surface area contributed by atoms with E-state index in [1.54, 1.807) is 29.2 Å². The summed E-state index contributed by atoms with van der Waals surface area (Å²) in [5, 5.41) is 2.74. The Labute approximate surface area is 182 Å². The molecule has 31 heavy (non-hydrogen) atoms. The fourth-order valence-electron chi connectivity index (χ4n) is 3.26. The van der Waals surface area contributed by atoms with Crippen LogP contribution in [0.25, 0.3) is 0 Å². The van der Waals surface area contributed by atoms with Crippen LogP contribution in [0.4, 0.5) is 5.69 Å². The van der Waals surface area contributed by atoms with Crippen LogP contribution in [0.3, 0.4) is 0 Å². The number of anilines is 1. The Balaban J connectivity index is 1.33. The van der Waals surface area contributed by atoms with Crippen molar-refractivity contribution >= 4 is 23.5 Å². The van der Waals surface area contributed by atoms with Crippen molar-refractivity contribution in [2.75, 3.05) is 38.2 Å². The Kier molecular flexibility index (Phi) is 8.60. The number of hydrogen-bond donors (Lipinski definition) is 1. The number of aryl methyl sites for hydroxylation is 1. The first-order valence-electron chi connectivity index (χ1n) is 10.6. The summed E-state index contributed by atoms with van der Waals surface area (Å²) in [6, 6.07) is 16.8. The van der Waals surface area contributed by atoms with Crippen molar-refractivity contribution in [3.05, 3.63) is 65.7 Å². The van der Waals surface area contributed by atoms with Gasteiger partial charge in [-0.3, -0.25) is 14.4 Å². The van der Waals surface area contributed by atoms with Gasteiger partial charge < -0.3 is 19.7 Å². The molecule has 1 aliphatic rings. The number of carbonyl (C=O) groups excluding carboxylic acids is 3. The van der Waals surface area contributed by atoms with Gasteiger partial charge in [0.2, 0.25) is 5.91 Å². The Hall–Kier alpha value is -3.19. The van der Waals surface area contributed by atoms with Crippen LogP contribution in [0.15, 0.2) is 54.6 Å². The monoisotopic (exact) mass is 424 g/mol. The molecule has 1 N–H and O–H groups in total. The van der Waals surface area contributed by atoms with Crippen molar-refractivity contribution < 1.29 is 23.9 Å². The van der Waals surface area contributed by atoms with E-state index < -0.39 is 0 Å². The van der Waals surface area contributed by atoms with Gasteiger partial charge in [-0.05, 0) is 42.7 Å². The summed E-state index contributed by atoms with van der Waals surface area (Å²) in [4.78, 5) is 38.1. The number of rotatable bonds is 9. The van der Waals surface area contributed by atoms with E-state index >= 15 is 0 Å². The normalized spacial score (nSPS) is 13.5. The number of ether oxygens (including phenoxy) is 2. The molecule has 3 rings (SSSR count). The first-order chi connectivity index (χ1) is 15.1. The molecule has 2 aromatic carbocycles. The van der Waals surface area contributed by atoms with Gasteiger partial charge in [-0.25, -0.2) is 0 Å². The summed E-state index contributed by atoms with van der Waals surface area (Å²) in [6.07, 6.45) is 1.67. The van der Waals surface area contributed by atoms with Gasteiger partial charge in [0, 0.05) is 30.8 Å². The van der Waals surface area contributed by atoms with Crippen LogP contribution in [0, 0.1) is 0 Å². The van der Waals surface area contributed by atoms with Crippen LogP contribution in [-0.2, 0) is 25.5 Å². The fourth-order valence-corrected chi connectivity index (χ4v) is 3.26. The molecule has 1 saturated heterocycles. The Morgan fingerprint density at radius 2 is 1.65 bits per heavy atom. The number of benzene rings is 2. The van der Waals surface area contributed by atoms with Gasteiger partial charge in [-0.2, -0.15) is 0 Å². The van der Waals surface area contributed by atoms with Crippen molar-refractivity contribution in [2.45, 2.75) is 25.7 Å². The fraction of sp³-hybridized carbons (Fsp3) is 0.375. The average Bonchev–Trinajstić information content (AvgIpc) is 2.82. The molecule has 0 aromatic heterocycles. The van der Waals surface area contributed by atoms with Gasteiger partial charge in [0.15, 0.2) is 0 Å². The molecule has 7 heteroatoms. The van der Waals surface area contributed by atoms with E-state index in [1.807, 2.05) is 30.3 Å². The predicted molar refractivity (Wildman–Crippen MR) is 117 cm³/mol. The second kappa shape index (κ2) is 11.9. The molecule has 0 unspecified atom stereocenters. The summed E-state index contributed by atoms with van der Waals surface area (Å²) < 4.78 is 10.5. The largest absolute Gasteiger partial charge is 0.466 e. The molecule has 2 amide bonds. The third kappa shape index (κ3) is 7.53. The van der Waals surface area contributed by atoms with Crippen molar-refractivity contribution in [1.82, 2.24) is 4.90 Å². The number of amides is 2. The van der Waals surface area contributed by atoms with Crippen molar-refractivity contribution in [3.63, 3.8) is 0 Å². The van der Waals surface area contributed by atoms with Gasteiger partial charge in [0.25, 0.3) is 5.91 Å². The standard InChI is InChI=1S/C24H28N2O5/c27-22(12-13-23(28)31-16-4-7-19-5-2-1-3-6-19)25-21-10-8-20(9-11-21)24(29)26-14-17-30-18-15-26/h1-3,5-6,8-11H,4,7,12-18H2,(H,25,27). The van der Waals surface area contributed by atoms with Gasteiger partial charge in [0.1, 0.15) is 0 Å². The van der Waals surface area contributed by atoms with Crippen molar-refractivity contribution in [1.29, 1.82) is 0 Å². The van der Waals surface area contributed by atoms with Crippen molar-refractivity contribution in [2.24, 2.45) is 0 Å². The number of hydrogen-bond acceptors (Lipinski definition) is 5. The molecule has 164 valence electrons. The van der Waals surface area contributed by atoms with E-state index in [4.69, 9.17) is 9.47 Å². The first-order valence-corrected chi connectivity index (χ1v) is 10.6. The van der Waals surface area contributed by atoms with Crippen LogP contribution in [0.5, 0.6) is 0 Å². The first kappa shape index (κ1) is 22.5. The molecule has 2 aromatic rings. The maximum atomic E-state index is 12.4. The Bertz CT molecular complexity index is 861. The molecule has 0 atom stereocenters. The third-order valence-electron chi connectivity index (χ3n) is 4.99. The van der Waals surface area contributed by atoms with Gasteiger partial charge in [0.05, 0.1) is 26.2 Å². The molecular weight excluding hydrogens is 396 g/mol. The zero-order valence-electron chi connectivity index (χ0n) is 17.5. The van der Waals surface area contributed by atoms with Crippen LogP contribution in [0.2, 0.25) is 0 Å². The van der Waals surface area contributed by atoms with E-state index in [0.717, 1.165) is 12.8 Å². The van der Waals surface area contributed by atoms with Crippen molar-refractivity contribution in [3.8, 4) is 0 Å². The Morgan fingerprint density at radius 1 is 0.935 bits per heavy atom. The maximum Gasteiger partial charge on any atom is 0.306 e. The van der Waals surface area contributed by atoms with E-state index in [0.29, 0.717) is 44.2 Å². The average molecular weight is 424 g/mol. The molecule has 1 fully saturated rings. The van der Waals surface area contributed by atoms with Crippen LogP contribution >= 0.6 is 0 Å². The van der Waals surface area contributed by atoms with E-state index in [9.17, 15) is 14.4 Å². The van der Waals surface area contributed by atoms with Crippen LogP contribution in [0.1, 0.15) is 35.2 Å². The second-order valence-corrected chi connectivity index (χ2v) is 7.34. The quantitative estimate of drug-likeness (QED) is 0.494. The summed E-state index contributed by atoms with van der Waals surface area (Å²) in [6.45, 7) is 2.61.